The van der Waals surface area contributed by atoms with Crippen LogP contribution in [0.15, 0.2) is 24.5 Å². The zero-order valence-corrected chi connectivity index (χ0v) is 12.2. The molecule has 0 aliphatic carbocycles. The van der Waals surface area contributed by atoms with Crippen LogP contribution in [0.5, 0.6) is 0 Å². The molecule has 1 aliphatic rings. The van der Waals surface area contributed by atoms with Gasteiger partial charge in [0.1, 0.15) is 0 Å². The van der Waals surface area contributed by atoms with Crippen LogP contribution in [-0.4, -0.2) is 48.1 Å². The van der Waals surface area contributed by atoms with Gasteiger partial charge in [-0.1, -0.05) is 0 Å². The maximum Gasteiger partial charge on any atom is 0.309 e. The summed E-state index contributed by atoms with van der Waals surface area (Å²) in [5, 5.41) is 2.87. The van der Waals surface area contributed by atoms with Crippen molar-refractivity contribution in [3.63, 3.8) is 0 Å². The Morgan fingerprint density at radius 1 is 1.43 bits per heavy atom. The SMILES string of the molecule is CCOC(=O)C1CCN(CNC(=O)c2cccnc2)CC1. The van der Waals surface area contributed by atoms with Gasteiger partial charge < -0.3 is 10.1 Å². The fourth-order valence-electron chi connectivity index (χ4n) is 2.37. The number of nitrogens with zero attached hydrogens (tertiary/aromatic N) is 2. The average Bonchev–Trinajstić information content (AvgIpc) is 2.54. The molecule has 0 unspecified atom stereocenters. The predicted molar refractivity (Wildman–Crippen MR) is 77.5 cm³/mol. The molecule has 0 aromatic carbocycles. The fourth-order valence-corrected chi connectivity index (χ4v) is 2.37. The first kappa shape index (κ1) is 15.4. The van der Waals surface area contributed by atoms with E-state index in [0.717, 1.165) is 25.9 Å². The molecule has 0 spiro atoms. The average molecular weight is 291 g/mol. The number of amides is 1. The highest BCUT2D eigenvalue weighted by molar-refractivity contribution is 5.93. The quantitative estimate of drug-likeness (QED) is 0.821. The molecule has 1 amide bonds. The number of piperidine rings is 1. The Balaban J connectivity index is 1.72. The van der Waals surface area contributed by atoms with Crippen LogP contribution in [0.3, 0.4) is 0 Å². The van der Waals surface area contributed by atoms with Gasteiger partial charge in [-0.25, -0.2) is 0 Å². The van der Waals surface area contributed by atoms with Crippen molar-refractivity contribution in [2.24, 2.45) is 5.92 Å². The van der Waals surface area contributed by atoms with Crippen LogP contribution in [0.25, 0.3) is 0 Å². The monoisotopic (exact) mass is 291 g/mol. The Kier molecular flexibility index (Phi) is 5.68. The number of nitrogens with one attached hydrogen (secondary N) is 1. The molecule has 0 bridgehead atoms. The molecule has 1 aromatic heterocycles. The molecular formula is C15H21N3O3. The van der Waals surface area contributed by atoms with Crippen LogP contribution in [-0.2, 0) is 9.53 Å². The van der Waals surface area contributed by atoms with Crippen molar-refractivity contribution in [3.05, 3.63) is 30.1 Å². The number of rotatable bonds is 5. The highest BCUT2D eigenvalue weighted by atomic mass is 16.5. The molecule has 6 heteroatoms. The lowest BCUT2D eigenvalue weighted by Gasteiger charge is -2.30. The van der Waals surface area contributed by atoms with Crippen LogP contribution in [0, 0.1) is 5.92 Å². The van der Waals surface area contributed by atoms with Gasteiger partial charge in [0, 0.05) is 25.5 Å². The van der Waals surface area contributed by atoms with E-state index in [1.807, 2.05) is 6.92 Å². The third-order valence-electron chi connectivity index (χ3n) is 3.59. The Labute approximate surface area is 124 Å². The Morgan fingerprint density at radius 3 is 2.81 bits per heavy atom. The minimum absolute atomic E-state index is 0.00442. The van der Waals surface area contributed by atoms with Gasteiger partial charge in [0.05, 0.1) is 24.8 Å². The number of aromatic nitrogens is 1. The summed E-state index contributed by atoms with van der Waals surface area (Å²) in [6.45, 7) is 4.32. The zero-order valence-electron chi connectivity index (χ0n) is 12.2. The molecule has 1 aliphatic heterocycles. The second-order valence-electron chi connectivity index (χ2n) is 5.05. The molecule has 1 fully saturated rings. The van der Waals surface area contributed by atoms with Crippen LogP contribution >= 0.6 is 0 Å². The molecule has 2 rings (SSSR count). The first-order valence-electron chi connectivity index (χ1n) is 7.28. The second kappa shape index (κ2) is 7.73. The molecule has 114 valence electrons. The minimum Gasteiger partial charge on any atom is -0.466 e. The van der Waals surface area contributed by atoms with E-state index in [1.165, 1.54) is 0 Å². The number of hydrogen-bond acceptors (Lipinski definition) is 5. The topological polar surface area (TPSA) is 71.5 Å². The van der Waals surface area contributed by atoms with Gasteiger partial charge >= 0.3 is 5.97 Å². The first-order valence-corrected chi connectivity index (χ1v) is 7.28. The number of esters is 1. The van der Waals surface area contributed by atoms with E-state index < -0.39 is 0 Å². The van der Waals surface area contributed by atoms with Gasteiger partial charge in [0.2, 0.25) is 0 Å². The Morgan fingerprint density at radius 2 is 2.19 bits per heavy atom. The summed E-state index contributed by atoms with van der Waals surface area (Å²) in [6, 6.07) is 3.47. The minimum atomic E-state index is -0.129. The van der Waals surface area contributed by atoms with Crippen molar-refractivity contribution >= 4 is 11.9 Å². The summed E-state index contributed by atoms with van der Waals surface area (Å²) >= 11 is 0. The highest BCUT2D eigenvalue weighted by Crippen LogP contribution is 2.18. The van der Waals surface area contributed by atoms with E-state index in [4.69, 9.17) is 4.74 Å². The van der Waals surface area contributed by atoms with Crippen LogP contribution in [0.2, 0.25) is 0 Å². The van der Waals surface area contributed by atoms with Crippen molar-refractivity contribution in [1.82, 2.24) is 15.2 Å². The van der Waals surface area contributed by atoms with E-state index in [1.54, 1.807) is 24.5 Å². The molecule has 1 saturated heterocycles. The van der Waals surface area contributed by atoms with Gasteiger partial charge in [-0.2, -0.15) is 0 Å². The van der Waals surface area contributed by atoms with Crippen molar-refractivity contribution in [2.75, 3.05) is 26.4 Å². The number of ether oxygens (including phenoxy) is 1. The largest absolute Gasteiger partial charge is 0.466 e. The summed E-state index contributed by atoms with van der Waals surface area (Å²) in [4.78, 5) is 29.6. The smallest absolute Gasteiger partial charge is 0.309 e. The molecule has 0 saturated carbocycles. The van der Waals surface area contributed by atoms with Crippen LogP contribution < -0.4 is 5.32 Å². The molecule has 2 heterocycles. The number of hydrogen-bond donors (Lipinski definition) is 1. The lowest BCUT2D eigenvalue weighted by molar-refractivity contribution is -0.149. The molecule has 0 atom stereocenters. The molecule has 6 nitrogen and oxygen atoms in total. The Hall–Kier alpha value is -1.95. The number of carbonyl (C=O) groups is 2. The maximum absolute atomic E-state index is 11.9. The first-order chi connectivity index (χ1) is 10.2. The van der Waals surface area contributed by atoms with Gasteiger partial charge in [-0.05, 0) is 31.9 Å². The van der Waals surface area contributed by atoms with Gasteiger partial charge in [-0.3, -0.25) is 19.5 Å². The summed E-state index contributed by atoms with van der Waals surface area (Å²) in [6.07, 6.45) is 4.74. The number of pyridine rings is 1. The molecule has 0 radical (unpaired) electrons. The predicted octanol–water partition coefficient (Wildman–Crippen LogP) is 1.04. The summed E-state index contributed by atoms with van der Waals surface area (Å²) in [7, 11) is 0. The van der Waals surface area contributed by atoms with Crippen molar-refractivity contribution in [1.29, 1.82) is 0 Å². The van der Waals surface area contributed by atoms with Gasteiger partial charge in [-0.15, -0.1) is 0 Å². The fraction of sp³-hybridized carbons (Fsp3) is 0.533. The number of likely N-dealkylation sites (tertiary alicyclic amines) is 1. The second-order valence-corrected chi connectivity index (χ2v) is 5.05. The molecule has 1 aromatic rings. The maximum atomic E-state index is 11.9. The summed E-state index contributed by atoms with van der Waals surface area (Å²) in [5.74, 6) is -0.234. The van der Waals surface area contributed by atoms with Crippen molar-refractivity contribution in [2.45, 2.75) is 19.8 Å². The van der Waals surface area contributed by atoms with Crippen LogP contribution in [0.4, 0.5) is 0 Å². The Bertz CT molecular complexity index is 470. The third kappa shape index (κ3) is 4.53. The molecule has 21 heavy (non-hydrogen) atoms. The third-order valence-corrected chi connectivity index (χ3v) is 3.59. The lowest BCUT2D eigenvalue weighted by Crippen LogP contribution is -2.43. The zero-order chi connectivity index (χ0) is 15.1. The van der Waals surface area contributed by atoms with E-state index in [9.17, 15) is 9.59 Å². The van der Waals surface area contributed by atoms with Gasteiger partial charge in [0.25, 0.3) is 5.91 Å². The summed E-state index contributed by atoms with van der Waals surface area (Å²) in [5.41, 5.74) is 0.555. The normalized spacial score (nSPS) is 16.4. The summed E-state index contributed by atoms with van der Waals surface area (Å²) < 4.78 is 5.04. The van der Waals surface area contributed by atoms with E-state index in [-0.39, 0.29) is 17.8 Å². The van der Waals surface area contributed by atoms with Gasteiger partial charge in [0.15, 0.2) is 0 Å². The highest BCUT2D eigenvalue weighted by Gasteiger charge is 2.25. The van der Waals surface area contributed by atoms with E-state index in [0.29, 0.717) is 18.8 Å². The van der Waals surface area contributed by atoms with Crippen LogP contribution in [0.1, 0.15) is 30.1 Å². The van der Waals surface area contributed by atoms with Crippen molar-refractivity contribution < 1.29 is 14.3 Å². The van der Waals surface area contributed by atoms with E-state index >= 15 is 0 Å². The van der Waals surface area contributed by atoms with E-state index in [2.05, 4.69) is 15.2 Å². The molecule has 1 N–H and O–H groups in total. The molecular weight excluding hydrogens is 270 g/mol. The lowest BCUT2D eigenvalue weighted by atomic mass is 9.97. The standard InChI is InChI=1S/C15H21N3O3/c1-2-21-15(20)12-5-8-18(9-6-12)11-17-14(19)13-4-3-7-16-10-13/h3-4,7,10,12H,2,5-6,8-9,11H2,1H3,(H,17,19). The number of carbonyl (C=O) groups excluding carboxylic acids is 2. The van der Waals surface area contributed by atoms with Crippen molar-refractivity contribution in [3.8, 4) is 0 Å².